The number of nitrogens with zero attached hydrogens (tertiary/aromatic N) is 1. The van der Waals surface area contributed by atoms with Crippen LogP contribution in [0.2, 0.25) is 0 Å². The standard InChI is InChI=1S/C14H19FN2O2/c1-9(2)12(14(19)17(3)4)16-13(18)10-5-7-11(15)8-6-10/h5-9,12H,1-4H3,(H,16,18). The van der Waals surface area contributed by atoms with E-state index >= 15 is 0 Å². The second kappa shape index (κ2) is 6.31. The van der Waals surface area contributed by atoms with Gasteiger partial charge in [0, 0.05) is 19.7 Å². The largest absolute Gasteiger partial charge is 0.347 e. The van der Waals surface area contributed by atoms with Crippen molar-refractivity contribution < 1.29 is 14.0 Å². The van der Waals surface area contributed by atoms with Gasteiger partial charge in [-0.25, -0.2) is 4.39 Å². The van der Waals surface area contributed by atoms with Crippen molar-refractivity contribution in [2.24, 2.45) is 5.92 Å². The van der Waals surface area contributed by atoms with Gasteiger partial charge in [-0.05, 0) is 30.2 Å². The lowest BCUT2D eigenvalue weighted by atomic mass is 10.0. The van der Waals surface area contributed by atoms with E-state index in [4.69, 9.17) is 0 Å². The van der Waals surface area contributed by atoms with Crippen LogP contribution in [0.1, 0.15) is 24.2 Å². The molecule has 0 spiro atoms. The zero-order valence-electron chi connectivity index (χ0n) is 11.6. The zero-order valence-corrected chi connectivity index (χ0v) is 11.6. The Hall–Kier alpha value is -1.91. The van der Waals surface area contributed by atoms with Gasteiger partial charge in [-0.15, -0.1) is 0 Å². The lowest BCUT2D eigenvalue weighted by Crippen LogP contribution is -2.49. The van der Waals surface area contributed by atoms with Crippen molar-refractivity contribution >= 4 is 11.8 Å². The zero-order chi connectivity index (χ0) is 14.6. The van der Waals surface area contributed by atoms with Crippen molar-refractivity contribution in [3.8, 4) is 0 Å². The second-order valence-electron chi connectivity index (χ2n) is 4.93. The molecule has 0 radical (unpaired) electrons. The highest BCUT2D eigenvalue weighted by Crippen LogP contribution is 2.08. The fourth-order valence-electron chi connectivity index (χ4n) is 1.62. The van der Waals surface area contributed by atoms with Crippen molar-refractivity contribution in [2.45, 2.75) is 19.9 Å². The molecule has 0 saturated heterocycles. The van der Waals surface area contributed by atoms with E-state index in [0.717, 1.165) is 0 Å². The molecule has 5 heteroatoms. The molecular weight excluding hydrogens is 247 g/mol. The Bertz CT molecular complexity index is 455. The lowest BCUT2D eigenvalue weighted by Gasteiger charge is -2.24. The average Bonchev–Trinajstić information content (AvgIpc) is 2.35. The molecule has 19 heavy (non-hydrogen) atoms. The fourth-order valence-corrected chi connectivity index (χ4v) is 1.62. The van der Waals surface area contributed by atoms with Crippen molar-refractivity contribution in [3.05, 3.63) is 35.6 Å². The number of carbonyl (C=O) groups excluding carboxylic acids is 2. The third kappa shape index (κ3) is 4.05. The third-order valence-electron chi connectivity index (χ3n) is 2.77. The molecule has 0 aliphatic rings. The highest BCUT2D eigenvalue weighted by Gasteiger charge is 2.25. The Balaban J connectivity index is 2.82. The minimum atomic E-state index is -0.590. The van der Waals surface area contributed by atoms with E-state index in [1.54, 1.807) is 14.1 Å². The Kier molecular flexibility index (Phi) is 5.03. The van der Waals surface area contributed by atoms with Gasteiger partial charge in [-0.2, -0.15) is 0 Å². The molecule has 1 unspecified atom stereocenters. The molecule has 1 rings (SSSR count). The van der Waals surface area contributed by atoms with Crippen LogP contribution >= 0.6 is 0 Å². The summed E-state index contributed by atoms with van der Waals surface area (Å²) in [6.07, 6.45) is 0. The number of carbonyl (C=O) groups is 2. The SMILES string of the molecule is CC(C)C(NC(=O)c1ccc(F)cc1)C(=O)N(C)C. The smallest absolute Gasteiger partial charge is 0.251 e. The Morgan fingerprint density at radius 3 is 2.11 bits per heavy atom. The molecule has 0 heterocycles. The molecule has 1 aromatic carbocycles. The van der Waals surface area contributed by atoms with Crippen molar-refractivity contribution in [3.63, 3.8) is 0 Å². The third-order valence-corrected chi connectivity index (χ3v) is 2.77. The van der Waals surface area contributed by atoms with Crippen LogP contribution in [0.25, 0.3) is 0 Å². The second-order valence-corrected chi connectivity index (χ2v) is 4.93. The van der Waals surface area contributed by atoms with E-state index in [1.165, 1.54) is 29.2 Å². The molecule has 0 saturated carbocycles. The van der Waals surface area contributed by atoms with Gasteiger partial charge in [0.2, 0.25) is 5.91 Å². The van der Waals surface area contributed by atoms with E-state index in [9.17, 15) is 14.0 Å². The van der Waals surface area contributed by atoms with E-state index in [-0.39, 0.29) is 17.7 Å². The first-order valence-corrected chi connectivity index (χ1v) is 6.10. The van der Waals surface area contributed by atoms with Gasteiger partial charge in [0.25, 0.3) is 5.91 Å². The molecular formula is C14H19FN2O2. The number of halogens is 1. The maximum atomic E-state index is 12.8. The molecule has 104 valence electrons. The van der Waals surface area contributed by atoms with Gasteiger partial charge in [0.05, 0.1) is 0 Å². The van der Waals surface area contributed by atoms with Gasteiger partial charge < -0.3 is 10.2 Å². The Morgan fingerprint density at radius 2 is 1.68 bits per heavy atom. The minimum absolute atomic E-state index is 0.0284. The fraction of sp³-hybridized carbons (Fsp3) is 0.429. The number of hydrogen-bond donors (Lipinski definition) is 1. The van der Waals surface area contributed by atoms with Gasteiger partial charge in [0.15, 0.2) is 0 Å². The number of rotatable bonds is 4. The van der Waals surface area contributed by atoms with Crippen LogP contribution in [0.3, 0.4) is 0 Å². The van der Waals surface area contributed by atoms with E-state index in [0.29, 0.717) is 5.56 Å². The van der Waals surface area contributed by atoms with Crippen molar-refractivity contribution in [1.29, 1.82) is 0 Å². The molecule has 0 aliphatic heterocycles. The highest BCUT2D eigenvalue weighted by atomic mass is 19.1. The number of hydrogen-bond acceptors (Lipinski definition) is 2. The van der Waals surface area contributed by atoms with Crippen LogP contribution in [-0.4, -0.2) is 36.9 Å². The molecule has 2 amide bonds. The van der Waals surface area contributed by atoms with Gasteiger partial charge in [0.1, 0.15) is 11.9 Å². The maximum Gasteiger partial charge on any atom is 0.251 e. The van der Waals surface area contributed by atoms with Crippen LogP contribution in [0.5, 0.6) is 0 Å². The van der Waals surface area contributed by atoms with Crippen LogP contribution in [0.15, 0.2) is 24.3 Å². The number of likely N-dealkylation sites (N-methyl/N-ethyl adjacent to an activating group) is 1. The summed E-state index contributed by atoms with van der Waals surface area (Å²) >= 11 is 0. The molecule has 1 aromatic rings. The molecule has 0 fully saturated rings. The molecule has 1 atom stereocenters. The molecule has 0 aromatic heterocycles. The van der Waals surface area contributed by atoms with E-state index in [2.05, 4.69) is 5.32 Å². The highest BCUT2D eigenvalue weighted by molar-refractivity contribution is 5.97. The van der Waals surface area contributed by atoms with Crippen LogP contribution in [-0.2, 0) is 4.79 Å². The van der Waals surface area contributed by atoms with Crippen molar-refractivity contribution in [1.82, 2.24) is 10.2 Å². The number of nitrogens with one attached hydrogen (secondary N) is 1. The number of benzene rings is 1. The van der Waals surface area contributed by atoms with Crippen LogP contribution in [0.4, 0.5) is 4.39 Å². The first kappa shape index (κ1) is 15.1. The predicted molar refractivity (Wildman–Crippen MR) is 71.2 cm³/mol. The summed E-state index contributed by atoms with van der Waals surface area (Å²) in [6, 6.07) is 4.62. The first-order valence-electron chi connectivity index (χ1n) is 6.10. The predicted octanol–water partition coefficient (Wildman–Crippen LogP) is 1.67. The quantitative estimate of drug-likeness (QED) is 0.901. The summed E-state index contributed by atoms with van der Waals surface area (Å²) in [6.45, 7) is 3.72. The number of amides is 2. The molecule has 0 bridgehead atoms. The summed E-state index contributed by atoms with van der Waals surface area (Å²) in [5, 5.41) is 2.68. The molecule has 0 aliphatic carbocycles. The summed E-state index contributed by atoms with van der Waals surface area (Å²) in [4.78, 5) is 25.4. The average molecular weight is 266 g/mol. The van der Waals surface area contributed by atoms with Crippen molar-refractivity contribution in [2.75, 3.05) is 14.1 Å². The topological polar surface area (TPSA) is 49.4 Å². The van der Waals surface area contributed by atoms with Gasteiger partial charge in [-0.3, -0.25) is 9.59 Å². The monoisotopic (exact) mass is 266 g/mol. The normalized spacial score (nSPS) is 12.1. The van der Waals surface area contributed by atoms with E-state index in [1.807, 2.05) is 13.8 Å². The van der Waals surface area contributed by atoms with Gasteiger partial charge in [-0.1, -0.05) is 13.8 Å². The maximum absolute atomic E-state index is 12.8. The Labute approximate surface area is 112 Å². The molecule has 1 N–H and O–H groups in total. The lowest BCUT2D eigenvalue weighted by molar-refractivity contribution is -0.131. The summed E-state index contributed by atoms with van der Waals surface area (Å²) in [5.74, 6) is -0.972. The summed E-state index contributed by atoms with van der Waals surface area (Å²) in [5.41, 5.74) is 0.332. The summed E-state index contributed by atoms with van der Waals surface area (Å²) in [7, 11) is 3.28. The minimum Gasteiger partial charge on any atom is -0.347 e. The van der Waals surface area contributed by atoms with E-state index < -0.39 is 11.9 Å². The molecule has 4 nitrogen and oxygen atoms in total. The van der Waals surface area contributed by atoms with Crippen LogP contribution in [0, 0.1) is 11.7 Å². The Morgan fingerprint density at radius 1 is 1.16 bits per heavy atom. The summed E-state index contributed by atoms with van der Waals surface area (Å²) < 4.78 is 12.8. The van der Waals surface area contributed by atoms with Gasteiger partial charge >= 0.3 is 0 Å². The first-order chi connectivity index (χ1) is 8.82. The van der Waals surface area contributed by atoms with Crippen LogP contribution < -0.4 is 5.32 Å².